The van der Waals surface area contributed by atoms with Crippen molar-refractivity contribution in [1.29, 1.82) is 0 Å². The summed E-state index contributed by atoms with van der Waals surface area (Å²) in [5, 5.41) is 0. The summed E-state index contributed by atoms with van der Waals surface area (Å²) in [5.41, 5.74) is -0.395. The summed E-state index contributed by atoms with van der Waals surface area (Å²) >= 11 is 0. The van der Waals surface area contributed by atoms with Crippen LogP contribution < -0.4 is 0 Å². The van der Waals surface area contributed by atoms with E-state index in [9.17, 15) is 4.79 Å². The minimum atomic E-state index is -0.395. The number of hydrogen-bond donors (Lipinski definition) is 0. The second kappa shape index (κ2) is 7.53. The Kier molecular flexibility index (Phi) is 7.18. The van der Waals surface area contributed by atoms with E-state index in [4.69, 9.17) is 4.74 Å². The van der Waals surface area contributed by atoms with Gasteiger partial charge in [0, 0.05) is 13.6 Å². The molecule has 0 saturated heterocycles. The Morgan fingerprint density at radius 1 is 1.12 bits per heavy atom. The first-order chi connectivity index (χ1) is 7.37. The van der Waals surface area contributed by atoms with Crippen molar-refractivity contribution in [1.82, 2.24) is 4.90 Å². The molecule has 0 fully saturated rings. The van der Waals surface area contributed by atoms with Crippen molar-refractivity contribution in [3.05, 3.63) is 0 Å². The minimum Gasteiger partial charge on any atom is -0.444 e. The van der Waals surface area contributed by atoms with E-state index in [0.717, 1.165) is 13.0 Å². The summed E-state index contributed by atoms with van der Waals surface area (Å²) in [6, 6.07) is 0. The summed E-state index contributed by atoms with van der Waals surface area (Å²) < 4.78 is 5.26. The van der Waals surface area contributed by atoms with Crippen molar-refractivity contribution in [2.24, 2.45) is 0 Å². The van der Waals surface area contributed by atoms with Crippen molar-refractivity contribution >= 4 is 6.09 Å². The van der Waals surface area contributed by atoms with E-state index < -0.39 is 5.60 Å². The van der Waals surface area contributed by atoms with Crippen LogP contribution in [0, 0.1) is 0 Å². The maximum atomic E-state index is 11.6. The van der Waals surface area contributed by atoms with Gasteiger partial charge in [0.25, 0.3) is 0 Å². The first-order valence-electron chi connectivity index (χ1n) is 6.31. The van der Waals surface area contributed by atoms with Gasteiger partial charge < -0.3 is 9.64 Å². The van der Waals surface area contributed by atoms with Crippen LogP contribution in [0.3, 0.4) is 0 Å². The van der Waals surface area contributed by atoms with Crippen molar-refractivity contribution in [2.75, 3.05) is 13.6 Å². The molecule has 0 heterocycles. The normalized spacial score (nSPS) is 11.3. The van der Waals surface area contributed by atoms with Crippen LogP contribution in [-0.4, -0.2) is 30.2 Å². The average molecular weight is 229 g/mol. The molecule has 0 aliphatic heterocycles. The Balaban J connectivity index is 3.64. The van der Waals surface area contributed by atoms with Gasteiger partial charge in [-0.15, -0.1) is 0 Å². The predicted molar refractivity (Wildman–Crippen MR) is 67.6 cm³/mol. The highest BCUT2D eigenvalue weighted by molar-refractivity contribution is 5.67. The number of ether oxygens (including phenoxy) is 1. The molecule has 0 N–H and O–H groups in total. The van der Waals surface area contributed by atoms with Crippen molar-refractivity contribution in [3.63, 3.8) is 0 Å². The SMILES string of the molecule is CCCCCCCN(C)C(=O)OC(C)(C)C. The van der Waals surface area contributed by atoms with Crippen LogP contribution in [0.2, 0.25) is 0 Å². The van der Waals surface area contributed by atoms with Crippen LogP contribution in [0.5, 0.6) is 0 Å². The Labute approximate surface area is 100 Å². The van der Waals surface area contributed by atoms with E-state index in [-0.39, 0.29) is 6.09 Å². The molecular formula is C13H27NO2. The van der Waals surface area contributed by atoms with Crippen molar-refractivity contribution in [3.8, 4) is 0 Å². The fourth-order valence-electron chi connectivity index (χ4n) is 1.38. The molecule has 96 valence electrons. The molecule has 0 aromatic carbocycles. The lowest BCUT2D eigenvalue weighted by Gasteiger charge is -2.24. The van der Waals surface area contributed by atoms with E-state index in [1.807, 2.05) is 20.8 Å². The average Bonchev–Trinajstić information content (AvgIpc) is 2.14. The zero-order valence-electron chi connectivity index (χ0n) is 11.5. The lowest BCUT2D eigenvalue weighted by Crippen LogP contribution is -2.34. The number of amides is 1. The number of carbonyl (C=O) groups is 1. The Hall–Kier alpha value is -0.730. The number of unbranched alkanes of at least 4 members (excludes halogenated alkanes) is 4. The van der Waals surface area contributed by atoms with Gasteiger partial charge in [-0.2, -0.15) is 0 Å². The molecule has 0 rings (SSSR count). The summed E-state index contributed by atoms with van der Waals surface area (Å²) in [6.45, 7) is 8.66. The summed E-state index contributed by atoms with van der Waals surface area (Å²) in [6.07, 6.45) is 5.84. The van der Waals surface area contributed by atoms with Gasteiger partial charge in [0.2, 0.25) is 0 Å². The largest absolute Gasteiger partial charge is 0.444 e. The van der Waals surface area contributed by atoms with Crippen LogP contribution in [0.25, 0.3) is 0 Å². The summed E-state index contributed by atoms with van der Waals surface area (Å²) in [7, 11) is 1.80. The van der Waals surface area contributed by atoms with E-state index in [1.165, 1.54) is 25.7 Å². The molecule has 3 heteroatoms. The van der Waals surface area contributed by atoms with Gasteiger partial charge in [-0.3, -0.25) is 0 Å². The second-order valence-electron chi connectivity index (χ2n) is 5.32. The van der Waals surface area contributed by atoms with Gasteiger partial charge >= 0.3 is 6.09 Å². The molecule has 16 heavy (non-hydrogen) atoms. The number of hydrogen-bond acceptors (Lipinski definition) is 2. The quantitative estimate of drug-likeness (QED) is 0.648. The third-order valence-electron chi connectivity index (χ3n) is 2.30. The second-order valence-corrected chi connectivity index (χ2v) is 5.32. The van der Waals surface area contributed by atoms with Crippen molar-refractivity contribution < 1.29 is 9.53 Å². The van der Waals surface area contributed by atoms with Gasteiger partial charge in [-0.25, -0.2) is 4.79 Å². The highest BCUT2D eigenvalue weighted by atomic mass is 16.6. The molecule has 0 unspecified atom stereocenters. The van der Waals surface area contributed by atoms with Crippen molar-refractivity contribution in [2.45, 2.75) is 65.4 Å². The third-order valence-corrected chi connectivity index (χ3v) is 2.30. The topological polar surface area (TPSA) is 29.5 Å². The van der Waals surface area contributed by atoms with E-state index in [1.54, 1.807) is 11.9 Å². The first-order valence-corrected chi connectivity index (χ1v) is 6.31. The summed E-state index contributed by atoms with van der Waals surface area (Å²) in [4.78, 5) is 13.2. The standard InChI is InChI=1S/C13H27NO2/c1-6-7-8-9-10-11-14(5)12(15)16-13(2,3)4/h6-11H2,1-5H3. The fourth-order valence-corrected chi connectivity index (χ4v) is 1.38. The maximum absolute atomic E-state index is 11.6. The predicted octanol–water partition coefficient (Wildman–Crippen LogP) is 3.82. The van der Waals surface area contributed by atoms with Crippen LogP contribution in [-0.2, 0) is 4.74 Å². The highest BCUT2D eigenvalue weighted by Crippen LogP contribution is 2.10. The van der Waals surface area contributed by atoms with Gasteiger partial charge in [-0.1, -0.05) is 32.6 Å². The van der Waals surface area contributed by atoms with Gasteiger partial charge in [0.15, 0.2) is 0 Å². The zero-order chi connectivity index (χ0) is 12.6. The van der Waals surface area contributed by atoms with Crippen LogP contribution in [0.1, 0.15) is 59.8 Å². The third kappa shape index (κ3) is 8.57. The lowest BCUT2D eigenvalue weighted by atomic mass is 10.1. The molecule has 1 amide bonds. The van der Waals surface area contributed by atoms with E-state index >= 15 is 0 Å². The van der Waals surface area contributed by atoms with Crippen LogP contribution in [0.4, 0.5) is 4.79 Å². The molecule has 0 spiro atoms. The van der Waals surface area contributed by atoms with Gasteiger partial charge in [0.05, 0.1) is 0 Å². The van der Waals surface area contributed by atoms with E-state index in [0.29, 0.717) is 0 Å². The molecule has 0 aromatic heterocycles. The first kappa shape index (κ1) is 15.3. The summed E-state index contributed by atoms with van der Waals surface area (Å²) in [5.74, 6) is 0. The van der Waals surface area contributed by atoms with Crippen LogP contribution >= 0.6 is 0 Å². The number of carbonyl (C=O) groups excluding carboxylic acids is 1. The Morgan fingerprint density at radius 2 is 1.69 bits per heavy atom. The molecule has 0 atom stereocenters. The molecule has 0 saturated carbocycles. The van der Waals surface area contributed by atoms with Gasteiger partial charge in [0.1, 0.15) is 5.60 Å². The molecule has 3 nitrogen and oxygen atoms in total. The number of nitrogens with zero attached hydrogens (tertiary/aromatic N) is 1. The monoisotopic (exact) mass is 229 g/mol. The zero-order valence-corrected chi connectivity index (χ0v) is 11.5. The maximum Gasteiger partial charge on any atom is 0.410 e. The van der Waals surface area contributed by atoms with E-state index in [2.05, 4.69) is 6.92 Å². The molecule has 0 radical (unpaired) electrons. The smallest absolute Gasteiger partial charge is 0.410 e. The highest BCUT2D eigenvalue weighted by Gasteiger charge is 2.18. The fraction of sp³-hybridized carbons (Fsp3) is 0.923. The Bertz CT molecular complexity index is 197. The lowest BCUT2D eigenvalue weighted by molar-refractivity contribution is 0.0296. The minimum absolute atomic E-state index is 0.219. The Morgan fingerprint density at radius 3 is 2.19 bits per heavy atom. The molecule has 0 aliphatic rings. The van der Waals surface area contributed by atoms with Gasteiger partial charge in [-0.05, 0) is 27.2 Å². The van der Waals surface area contributed by atoms with Crippen LogP contribution in [0.15, 0.2) is 0 Å². The molecule has 0 bridgehead atoms. The molecular weight excluding hydrogens is 202 g/mol. The molecule has 0 aromatic rings. The molecule has 0 aliphatic carbocycles. The number of rotatable bonds is 6.